The van der Waals surface area contributed by atoms with E-state index in [9.17, 15) is 0 Å². The Morgan fingerprint density at radius 3 is 3.08 bits per heavy atom. The monoisotopic (exact) mass is 211 g/mol. The molecule has 0 saturated carbocycles. The Morgan fingerprint density at radius 1 is 1.69 bits per heavy atom. The predicted octanol–water partition coefficient (Wildman–Crippen LogP) is 2.36. The van der Waals surface area contributed by atoms with Crippen molar-refractivity contribution in [2.45, 2.75) is 13.5 Å². The number of hydrogen-bond donors (Lipinski definition) is 1. The van der Waals surface area contributed by atoms with E-state index in [-0.39, 0.29) is 0 Å². The summed E-state index contributed by atoms with van der Waals surface area (Å²) >= 11 is 6.73. The largest absolute Gasteiger partial charge is 0.335 e. The van der Waals surface area contributed by atoms with Gasteiger partial charge in [0.2, 0.25) is 0 Å². The van der Waals surface area contributed by atoms with Gasteiger partial charge >= 0.3 is 0 Å². The quantitative estimate of drug-likeness (QED) is 0.774. The van der Waals surface area contributed by atoms with Crippen molar-refractivity contribution in [3.8, 4) is 0 Å². The molecule has 0 aliphatic heterocycles. The van der Waals surface area contributed by atoms with Crippen LogP contribution in [-0.4, -0.2) is 14.5 Å². The highest BCUT2D eigenvalue weighted by atomic mass is 32.1. The van der Waals surface area contributed by atoms with Crippen LogP contribution in [0.5, 0.6) is 0 Å². The molecule has 0 unspecified atom stereocenters. The van der Waals surface area contributed by atoms with Crippen molar-refractivity contribution < 1.29 is 0 Å². The van der Waals surface area contributed by atoms with Gasteiger partial charge in [0.1, 0.15) is 0 Å². The highest BCUT2D eigenvalue weighted by Crippen LogP contribution is 2.05. The molecule has 1 N–H and O–H groups in total. The molecule has 0 aromatic carbocycles. The van der Waals surface area contributed by atoms with Gasteiger partial charge in [0.25, 0.3) is 0 Å². The lowest BCUT2D eigenvalue weighted by molar-refractivity contribution is 0.766. The molecular weight excluding hydrogens is 202 g/mol. The molecule has 0 fully saturated rings. The zero-order chi connectivity index (χ0) is 9.26. The summed E-state index contributed by atoms with van der Waals surface area (Å²) < 4.78 is 2.74. The van der Waals surface area contributed by atoms with Crippen LogP contribution >= 0.6 is 23.6 Å². The van der Waals surface area contributed by atoms with Crippen LogP contribution in [0.25, 0.3) is 0 Å². The van der Waals surface area contributed by atoms with Crippen LogP contribution in [0.15, 0.2) is 17.1 Å². The fraction of sp³-hybridized carbons (Fsp3) is 0.250. The number of aromatic amines is 1. The SMILES string of the molecule is Cc1cn(Cc2cscn2)c(=S)[nH]1. The highest BCUT2D eigenvalue weighted by Gasteiger charge is 1.99. The Morgan fingerprint density at radius 2 is 2.54 bits per heavy atom. The number of thiazole rings is 1. The number of aromatic nitrogens is 3. The van der Waals surface area contributed by atoms with Crippen molar-refractivity contribution in [1.82, 2.24) is 14.5 Å². The summed E-state index contributed by atoms with van der Waals surface area (Å²) in [4.78, 5) is 7.27. The first-order chi connectivity index (χ1) is 6.25. The van der Waals surface area contributed by atoms with Gasteiger partial charge in [-0.3, -0.25) is 0 Å². The van der Waals surface area contributed by atoms with Crippen LogP contribution < -0.4 is 0 Å². The van der Waals surface area contributed by atoms with Crippen LogP contribution in [0, 0.1) is 11.7 Å². The minimum absolute atomic E-state index is 0.755. The Kier molecular flexibility index (Phi) is 2.28. The molecule has 0 atom stereocenters. The molecule has 0 spiro atoms. The molecule has 0 amide bonds. The maximum Gasteiger partial charge on any atom is 0.177 e. The number of aryl methyl sites for hydroxylation is 1. The third-order valence-corrected chi connectivity index (χ3v) is 2.70. The second kappa shape index (κ2) is 3.43. The van der Waals surface area contributed by atoms with Crippen molar-refractivity contribution in [2.24, 2.45) is 0 Å². The van der Waals surface area contributed by atoms with Gasteiger partial charge < -0.3 is 9.55 Å². The average molecular weight is 211 g/mol. The summed E-state index contributed by atoms with van der Waals surface area (Å²) in [6.07, 6.45) is 2.00. The third-order valence-electron chi connectivity index (χ3n) is 1.73. The van der Waals surface area contributed by atoms with E-state index >= 15 is 0 Å². The summed E-state index contributed by atoms with van der Waals surface area (Å²) in [5, 5.41) is 2.03. The number of hydrogen-bond acceptors (Lipinski definition) is 3. The van der Waals surface area contributed by atoms with E-state index in [0.29, 0.717) is 0 Å². The standard InChI is InChI=1S/C8H9N3S2/c1-6-2-11(8(12)10-6)3-7-4-13-5-9-7/h2,4-5H,3H2,1H3,(H,10,12). The Bertz CT molecular complexity index is 438. The maximum absolute atomic E-state index is 5.13. The first-order valence-electron chi connectivity index (χ1n) is 3.89. The topological polar surface area (TPSA) is 33.6 Å². The molecule has 0 aliphatic carbocycles. The van der Waals surface area contributed by atoms with Crippen molar-refractivity contribution in [3.63, 3.8) is 0 Å². The minimum atomic E-state index is 0.755. The zero-order valence-electron chi connectivity index (χ0n) is 7.15. The van der Waals surface area contributed by atoms with Crippen molar-refractivity contribution >= 4 is 23.6 Å². The number of nitrogens with zero attached hydrogens (tertiary/aromatic N) is 2. The molecule has 2 aromatic rings. The first kappa shape index (κ1) is 8.65. The van der Waals surface area contributed by atoms with Gasteiger partial charge in [0, 0.05) is 17.3 Å². The van der Waals surface area contributed by atoms with Gasteiger partial charge in [-0.15, -0.1) is 11.3 Å². The molecular formula is C8H9N3S2. The normalized spacial score (nSPS) is 10.5. The van der Waals surface area contributed by atoms with E-state index in [1.165, 1.54) is 0 Å². The fourth-order valence-electron chi connectivity index (χ4n) is 1.17. The number of H-pyrrole nitrogens is 1. The summed E-state index contributed by atoms with van der Waals surface area (Å²) in [5.74, 6) is 0. The number of nitrogens with one attached hydrogen (secondary N) is 1. The summed E-state index contributed by atoms with van der Waals surface area (Å²) in [6.45, 7) is 2.75. The Balaban J connectivity index is 2.28. The molecule has 68 valence electrons. The van der Waals surface area contributed by atoms with Gasteiger partial charge in [-0.05, 0) is 19.1 Å². The Hall–Kier alpha value is -0.940. The van der Waals surface area contributed by atoms with Crippen molar-refractivity contribution in [2.75, 3.05) is 0 Å². The summed E-state index contributed by atoms with van der Waals surface area (Å²) in [6, 6.07) is 0. The van der Waals surface area contributed by atoms with E-state index in [1.54, 1.807) is 11.3 Å². The van der Waals surface area contributed by atoms with Crippen LogP contribution in [0.3, 0.4) is 0 Å². The van der Waals surface area contributed by atoms with E-state index in [0.717, 1.165) is 22.7 Å². The molecule has 2 heterocycles. The molecule has 3 nitrogen and oxygen atoms in total. The summed E-state index contributed by atoms with van der Waals surface area (Å²) in [5.41, 5.74) is 3.97. The van der Waals surface area contributed by atoms with Gasteiger partial charge in [-0.2, -0.15) is 0 Å². The van der Waals surface area contributed by atoms with Gasteiger partial charge in [0.15, 0.2) is 4.77 Å². The van der Waals surface area contributed by atoms with Crippen molar-refractivity contribution in [1.29, 1.82) is 0 Å². The van der Waals surface area contributed by atoms with Crippen molar-refractivity contribution in [3.05, 3.63) is 33.2 Å². The zero-order valence-corrected chi connectivity index (χ0v) is 8.78. The first-order valence-corrected chi connectivity index (χ1v) is 5.24. The second-order valence-electron chi connectivity index (χ2n) is 2.85. The summed E-state index contributed by atoms with van der Waals surface area (Å²) in [7, 11) is 0. The lowest BCUT2D eigenvalue weighted by Crippen LogP contribution is -1.97. The van der Waals surface area contributed by atoms with Gasteiger partial charge in [0.05, 0.1) is 17.7 Å². The van der Waals surface area contributed by atoms with E-state index in [2.05, 4.69) is 9.97 Å². The third kappa shape index (κ3) is 1.87. The molecule has 5 heteroatoms. The van der Waals surface area contributed by atoms with Crippen LogP contribution in [0.1, 0.15) is 11.4 Å². The lowest BCUT2D eigenvalue weighted by atomic mass is 10.5. The van der Waals surface area contributed by atoms with Crippen LogP contribution in [-0.2, 0) is 6.54 Å². The lowest BCUT2D eigenvalue weighted by Gasteiger charge is -1.96. The van der Waals surface area contributed by atoms with E-state index in [4.69, 9.17) is 12.2 Å². The molecule has 0 saturated heterocycles. The molecule has 2 rings (SSSR count). The molecule has 0 radical (unpaired) electrons. The predicted molar refractivity (Wildman–Crippen MR) is 55.6 cm³/mol. The maximum atomic E-state index is 5.13. The average Bonchev–Trinajstić information content (AvgIpc) is 2.63. The second-order valence-corrected chi connectivity index (χ2v) is 3.96. The number of imidazole rings is 1. The van der Waals surface area contributed by atoms with Gasteiger partial charge in [-0.25, -0.2) is 4.98 Å². The molecule has 0 aliphatic rings. The highest BCUT2D eigenvalue weighted by molar-refractivity contribution is 7.71. The minimum Gasteiger partial charge on any atom is -0.335 e. The molecule has 13 heavy (non-hydrogen) atoms. The van der Waals surface area contributed by atoms with E-state index < -0.39 is 0 Å². The van der Waals surface area contributed by atoms with Crippen LogP contribution in [0.4, 0.5) is 0 Å². The Labute approximate surface area is 85.1 Å². The molecule has 2 aromatic heterocycles. The smallest absolute Gasteiger partial charge is 0.177 e. The number of rotatable bonds is 2. The molecule has 0 bridgehead atoms. The fourth-order valence-corrected chi connectivity index (χ4v) is 2.00. The van der Waals surface area contributed by atoms with Crippen LogP contribution in [0.2, 0.25) is 0 Å². The van der Waals surface area contributed by atoms with E-state index in [1.807, 2.05) is 28.6 Å². The van der Waals surface area contributed by atoms with Gasteiger partial charge in [-0.1, -0.05) is 0 Å².